The average molecular weight is 377 g/mol. The molecule has 0 radical (unpaired) electrons. The van der Waals surface area contributed by atoms with Crippen LogP contribution in [0.5, 0.6) is 5.75 Å². The van der Waals surface area contributed by atoms with E-state index in [1.165, 1.54) is 18.2 Å². The van der Waals surface area contributed by atoms with Crippen molar-refractivity contribution in [2.45, 2.75) is 6.36 Å². The summed E-state index contributed by atoms with van der Waals surface area (Å²) in [5, 5.41) is 0. The topological polar surface area (TPSA) is 45.9 Å². The molecule has 1 saturated heterocycles. The molecule has 6 nitrogen and oxygen atoms in total. The van der Waals surface area contributed by atoms with E-state index >= 15 is 0 Å². The quantitative estimate of drug-likeness (QED) is 0.702. The van der Waals surface area contributed by atoms with Crippen LogP contribution in [0, 0.1) is 0 Å². The zero-order valence-electron chi connectivity index (χ0n) is 14.6. The zero-order valence-corrected chi connectivity index (χ0v) is 14.6. The van der Waals surface area contributed by atoms with Crippen LogP contribution in [0.15, 0.2) is 42.9 Å². The first kappa shape index (κ1) is 17.6. The summed E-state index contributed by atoms with van der Waals surface area (Å²) in [6, 6.07) is 5.88. The maximum Gasteiger partial charge on any atom is 0.573 e. The van der Waals surface area contributed by atoms with Gasteiger partial charge in [-0.25, -0.2) is 9.97 Å². The number of hydrogen-bond acceptors (Lipinski definition) is 5. The number of fused-ring (bicyclic) bond motifs is 1. The fourth-order valence-electron chi connectivity index (χ4n) is 3.21. The molecular formula is C18H18F3N5O. The number of anilines is 1. The molecule has 1 aromatic carbocycles. The summed E-state index contributed by atoms with van der Waals surface area (Å²) in [6.45, 7) is 3.57. The van der Waals surface area contributed by atoms with E-state index in [2.05, 4.69) is 31.6 Å². The molecule has 1 aliphatic rings. The molecule has 1 fully saturated rings. The molecule has 9 heteroatoms. The largest absolute Gasteiger partial charge is 0.573 e. The summed E-state index contributed by atoms with van der Waals surface area (Å²) >= 11 is 0. The fourth-order valence-corrected chi connectivity index (χ4v) is 3.21. The van der Waals surface area contributed by atoms with Crippen molar-refractivity contribution in [3.05, 3.63) is 42.9 Å². The van der Waals surface area contributed by atoms with Crippen LogP contribution >= 0.6 is 0 Å². The molecule has 27 heavy (non-hydrogen) atoms. The van der Waals surface area contributed by atoms with Crippen molar-refractivity contribution >= 4 is 11.5 Å². The second kappa shape index (κ2) is 6.73. The van der Waals surface area contributed by atoms with Gasteiger partial charge in [0.15, 0.2) is 11.5 Å². The van der Waals surface area contributed by atoms with E-state index in [4.69, 9.17) is 0 Å². The number of rotatable bonds is 3. The predicted molar refractivity (Wildman–Crippen MR) is 94.8 cm³/mol. The van der Waals surface area contributed by atoms with Gasteiger partial charge < -0.3 is 14.5 Å². The van der Waals surface area contributed by atoms with E-state index in [1.807, 2.05) is 4.40 Å². The lowest BCUT2D eigenvalue weighted by molar-refractivity contribution is -0.274. The normalized spacial score (nSPS) is 16.1. The van der Waals surface area contributed by atoms with Crippen molar-refractivity contribution in [3.63, 3.8) is 0 Å². The highest BCUT2D eigenvalue weighted by Crippen LogP contribution is 2.30. The number of hydrogen-bond donors (Lipinski definition) is 0. The molecule has 3 heterocycles. The van der Waals surface area contributed by atoms with Gasteiger partial charge in [-0.2, -0.15) is 0 Å². The lowest BCUT2D eigenvalue weighted by Gasteiger charge is -2.33. The number of ether oxygens (including phenoxy) is 1. The highest BCUT2D eigenvalue weighted by atomic mass is 19.4. The Morgan fingerprint density at radius 3 is 2.59 bits per heavy atom. The van der Waals surface area contributed by atoms with Crippen LogP contribution in [-0.4, -0.2) is 58.9 Å². The molecule has 2 aromatic heterocycles. The smallest absolute Gasteiger partial charge is 0.406 e. The predicted octanol–water partition coefficient (Wildman–Crippen LogP) is 3.05. The number of aromatic nitrogens is 3. The van der Waals surface area contributed by atoms with E-state index < -0.39 is 6.36 Å². The summed E-state index contributed by atoms with van der Waals surface area (Å²) in [5.41, 5.74) is 1.94. The third kappa shape index (κ3) is 3.68. The zero-order chi connectivity index (χ0) is 19.0. The highest BCUT2D eigenvalue weighted by molar-refractivity contribution is 5.72. The number of likely N-dealkylation sites (N-methyl/N-ethyl adjacent to an activating group) is 1. The Morgan fingerprint density at radius 1 is 1.07 bits per heavy atom. The number of benzene rings is 1. The van der Waals surface area contributed by atoms with Crippen molar-refractivity contribution in [1.29, 1.82) is 0 Å². The first-order valence-corrected chi connectivity index (χ1v) is 8.52. The summed E-state index contributed by atoms with van der Waals surface area (Å²) in [5.74, 6) is 0.517. The highest BCUT2D eigenvalue weighted by Gasteiger charge is 2.31. The number of alkyl halides is 3. The molecule has 4 rings (SSSR count). The number of imidazole rings is 1. The molecule has 0 amide bonds. The van der Waals surface area contributed by atoms with Crippen LogP contribution in [0.4, 0.5) is 19.0 Å². The molecule has 0 atom stereocenters. The van der Waals surface area contributed by atoms with Gasteiger partial charge in [-0.15, -0.1) is 13.2 Å². The molecule has 0 bridgehead atoms. The van der Waals surface area contributed by atoms with E-state index in [1.54, 1.807) is 24.7 Å². The van der Waals surface area contributed by atoms with Gasteiger partial charge in [0, 0.05) is 44.1 Å². The van der Waals surface area contributed by atoms with Crippen molar-refractivity contribution in [3.8, 4) is 17.0 Å². The Hall–Kier alpha value is -2.81. The monoisotopic (exact) mass is 377 g/mol. The van der Waals surface area contributed by atoms with E-state index in [0.29, 0.717) is 16.9 Å². The van der Waals surface area contributed by atoms with Gasteiger partial charge in [0.25, 0.3) is 0 Å². The molecular weight excluding hydrogens is 359 g/mol. The first-order chi connectivity index (χ1) is 12.9. The minimum atomic E-state index is -4.73. The van der Waals surface area contributed by atoms with E-state index in [9.17, 15) is 13.2 Å². The number of piperazine rings is 1. The van der Waals surface area contributed by atoms with Crippen molar-refractivity contribution in [2.75, 3.05) is 38.1 Å². The minimum Gasteiger partial charge on any atom is -0.406 e. The third-order valence-corrected chi connectivity index (χ3v) is 4.58. The molecule has 142 valence electrons. The maximum atomic E-state index is 12.5. The van der Waals surface area contributed by atoms with Crippen LogP contribution in [0.25, 0.3) is 16.9 Å². The molecule has 0 aliphatic carbocycles. The summed E-state index contributed by atoms with van der Waals surface area (Å²) in [4.78, 5) is 13.4. The molecule has 0 spiro atoms. The van der Waals surface area contributed by atoms with Gasteiger partial charge in [-0.1, -0.05) is 12.1 Å². The van der Waals surface area contributed by atoms with Crippen LogP contribution in [0.2, 0.25) is 0 Å². The van der Waals surface area contributed by atoms with Crippen LogP contribution in [0.3, 0.4) is 0 Å². The van der Waals surface area contributed by atoms with Gasteiger partial charge in [-0.3, -0.25) is 4.40 Å². The Bertz CT molecular complexity index is 948. The maximum absolute atomic E-state index is 12.5. The van der Waals surface area contributed by atoms with Gasteiger partial charge >= 0.3 is 6.36 Å². The van der Waals surface area contributed by atoms with Crippen LogP contribution in [-0.2, 0) is 0 Å². The second-order valence-electron chi connectivity index (χ2n) is 6.45. The summed E-state index contributed by atoms with van der Waals surface area (Å²) in [6.07, 6.45) is 0.357. The van der Waals surface area contributed by atoms with Crippen LogP contribution < -0.4 is 9.64 Å². The average Bonchev–Trinajstić information content (AvgIpc) is 3.05. The molecule has 3 aromatic rings. The number of nitrogens with zero attached hydrogens (tertiary/aromatic N) is 5. The van der Waals surface area contributed by atoms with Gasteiger partial charge in [0.2, 0.25) is 0 Å². The van der Waals surface area contributed by atoms with Crippen LogP contribution in [0.1, 0.15) is 0 Å². The Balaban J connectivity index is 1.70. The van der Waals surface area contributed by atoms with Crippen molar-refractivity contribution in [1.82, 2.24) is 19.3 Å². The molecule has 0 N–H and O–H groups in total. The lowest BCUT2D eigenvalue weighted by atomic mass is 10.1. The SMILES string of the molecule is CN1CCN(c2nccn3c(-c4cccc(OC(F)(F)F)c4)cnc23)CC1. The lowest BCUT2D eigenvalue weighted by Crippen LogP contribution is -2.45. The minimum absolute atomic E-state index is 0.261. The van der Waals surface area contributed by atoms with Gasteiger partial charge in [0.1, 0.15) is 5.75 Å². The standard InChI is InChI=1S/C18H18F3N5O/c1-24-7-9-25(10-8-24)16-17-23-12-15(26(17)6-5-22-16)13-3-2-4-14(11-13)27-18(19,20)21/h2-6,11-12H,7-10H2,1H3. The van der Waals surface area contributed by atoms with Crippen molar-refractivity contribution in [2.24, 2.45) is 0 Å². The first-order valence-electron chi connectivity index (χ1n) is 8.52. The Kier molecular flexibility index (Phi) is 4.39. The van der Waals surface area contributed by atoms with Gasteiger partial charge in [-0.05, 0) is 19.2 Å². The van der Waals surface area contributed by atoms with E-state index in [-0.39, 0.29) is 5.75 Å². The molecule has 1 aliphatic heterocycles. The molecule has 0 saturated carbocycles. The Morgan fingerprint density at radius 2 is 1.85 bits per heavy atom. The van der Waals surface area contributed by atoms with Crippen molar-refractivity contribution < 1.29 is 17.9 Å². The Labute approximate surface area is 153 Å². The van der Waals surface area contributed by atoms with Gasteiger partial charge in [0.05, 0.1) is 11.9 Å². The number of halogens is 3. The summed E-state index contributed by atoms with van der Waals surface area (Å²) in [7, 11) is 2.08. The molecule has 0 unspecified atom stereocenters. The third-order valence-electron chi connectivity index (χ3n) is 4.58. The second-order valence-corrected chi connectivity index (χ2v) is 6.45. The van der Waals surface area contributed by atoms with E-state index in [0.717, 1.165) is 32.0 Å². The summed E-state index contributed by atoms with van der Waals surface area (Å²) < 4.78 is 43.4. The fraction of sp³-hybridized carbons (Fsp3) is 0.333.